The Morgan fingerprint density at radius 1 is 0.985 bits per heavy atom. The van der Waals surface area contributed by atoms with Crippen molar-refractivity contribution >= 4 is 54.1 Å². The lowest BCUT2D eigenvalue weighted by Gasteiger charge is -2.23. The van der Waals surface area contributed by atoms with Crippen molar-refractivity contribution in [1.29, 1.82) is 0 Å². The minimum Gasteiger partial charge on any atom is -0.346 e. The van der Waals surface area contributed by atoms with Gasteiger partial charge in [0.1, 0.15) is 40.0 Å². The van der Waals surface area contributed by atoms with E-state index in [1.807, 2.05) is 0 Å². The highest BCUT2D eigenvalue weighted by Gasteiger charge is 2.55. The molecule has 1 amide bonds. The lowest BCUT2D eigenvalue weighted by atomic mass is 9.93. The van der Waals surface area contributed by atoms with Crippen molar-refractivity contribution in [2.75, 3.05) is 4.72 Å². The van der Waals surface area contributed by atoms with Gasteiger partial charge in [0.15, 0.2) is 15.7 Å². The smallest absolute Gasteiger partial charge is 0.292 e. The number of rotatable bonds is 13. The number of aryl methyl sites for hydroxylation is 1. The average Bonchev–Trinajstić information content (AvgIpc) is 4.13. The van der Waals surface area contributed by atoms with Crippen LogP contribution in [0.25, 0.3) is 22.0 Å². The Morgan fingerprint density at radius 2 is 1.63 bits per heavy atom. The zero-order valence-electron chi connectivity index (χ0n) is 35.9. The third-order valence-electron chi connectivity index (χ3n) is 12.8. The van der Waals surface area contributed by atoms with E-state index in [0.717, 1.165) is 12.1 Å². The zero-order chi connectivity index (χ0) is 47.3. The summed E-state index contributed by atoms with van der Waals surface area (Å²) in [7, 11) is -6.08. The summed E-state index contributed by atoms with van der Waals surface area (Å²) in [5.41, 5.74) is -1.24. The number of sulfonamides is 1. The van der Waals surface area contributed by atoms with E-state index in [1.54, 1.807) is 19.1 Å². The Morgan fingerprint density at radius 3 is 2.25 bits per heavy atom. The number of alkyl halides is 4. The van der Waals surface area contributed by atoms with Crippen molar-refractivity contribution < 1.29 is 48.0 Å². The van der Waals surface area contributed by atoms with Gasteiger partial charge in [-0.15, -0.1) is 0 Å². The molecule has 3 aliphatic rings. The molecule has 65 heavy (non-hydrogen) atoms. The van der Waals surface area contributed by atoms with Gasteiger partial charge in [-0.2, -0.15) is 19.0 Å². The first-order valence-corrected chi connectivity index (χ1v) is 24.1. The second kappa shape index (κ2) is 16.0. The van der Waals surface area contributed by atoms with E-state index in [2.05, 4.69) is 32.1 Å². The van der Waals surface area contributed by atoms with Crippen LogP contribution in [0.3, 0.4) is 0 Å². The fraction of sp³-hybridized carbons (Fsp3) is 0.455. The molecule has 346 valence electrons. The molecular formula is C44H44ClF6N7O5S2. The molecule has 0 aliphatic heterocycles. The molecule has 2 saturated carbocycles. The van der Waals surface area contributed by atoms with E-state index in [1.165, 1.54) is 51.6 Å². The quantitative estimate of drug-likeness (QED) is 0.0877. The average molecular weight is 964 g/mol. The van der Waals surface area contributed by atoms with Crippen LogP contribution >= 0.6 is 11.6 Å². The molecule has 0 spiro atoms. The van der Waals surface area contributed by atoms with Crippen LogP contribution in [0.1, 0.15) is 113 Å². The molecule has 2 aromatic carbocycles. The lowest BCUT2D eigenvalue weighted by molar-refractivity contribution is -0.123. The number of hydrogen-bond donors (Lipinski definition) is 2. The maximum atomic E-state index is 15.7. The van der Waals surface area contributed by atoms with Crippen LogP contribution in [0.5, 0.6) is 0 Å². The van der Waals surface area contributed by atoms with Crippen LogP contribution in [0.2, 0.25) is 5.02 Å². The number of aromatic nitrogens is 5. The van der Waals surface area contributed by atoms with Gasteiger partial charge in [-0.3, -0.25) is 18.9 Å². The zero-order valence-corrected chi connectivity index (χ0v) is 38.3. The molecule has 0 bridgehead atoms. The van der Waals surface area contributed by atoms with Crippen molar-refractivity contribution in [3.63, 3.8) is 0 Å². The first kappa shape index (κ1) is 46.4. The second-order valence-electron chi connectivity index (χ2n) is 17.9. The van der Waals surface area contributed by atoms with Crippen LogP contribution < -0.4 is 10.0 Å². The molecule has 0 unspecified atom stereocenters. The highest BCUT2D eigenvalue weighted by atomic mass is 35.5. The van der Waals surface area contributed by atoms with Gasteiger partial charge in [0, 0.05) is 35.7 Å². The van der Waals surface area contributed by atoms with Crippen molar-refractivity contribution in [3.8, 4) is 23.0 Å². The number of sulfone groups is 1. The molecule has 3 atom stereocenters. The van der Waals surface area contributed by atoms with Gasteiger partial charge in [-0.05, 0) is 101 Å². The molecule has 5 aromatic rings. The first-order chi connectivity index (χ1) is 30.3. The monoisotopic (exact) mass is 963 g/mol. The Bertz CT molecular complexity index is 3060. The van der Waals surface area contributed by atoms with E-state index in [4.69, 9.17) is 16.6 Å². The number of nitrogens with zero attached hydrogens (tertiary/aromatic N) is 5. The summed E-state index contributed by atoms with van der Waals surface area (Å²) in [4.78, 5) is 19.0. The summed E-state index contributed by atoms with van der Waals surface area (Å²) in [5.74, 6) is -3.42. The topological polar surface area (TPSA) is 158 Å². The van der Waals surface area contributed by atoms with Gasteiger partial charge in [0.2, 0.25) is 15.9 Å². The van der Waals surface area contributed by atoms with Crippen molar-refractivity contribution in [3.05, 3.63) is 93.0 Å². The number of pyridine rings is 1. The fourth-order valence-corrected chi connectivity index (χ4v) is 11.7. The Kier molecular flexibility index (Phi) is 11.4. The molecule has 0 radical (unpaired) electrons. The summed E-state index contributed by atoms with van der Waals surface area (Å²) >= 11 is 6.74. The molecular weight excluding hydrogens is 920 g/mol. The van der Waals surface area contributed by atoms with Gasteiger partial charge in [-0.1, -0.05) is 37.4 Å². The van der Waals surface area contributed by atoms with Gasteiger partial charge in [-0.25, -0.2) is 39.4 Å². The molecule has 12 nitrogen and oxygen atoms in total. The summed E-state index contributed by atoms with van der Waals surface area (Å²) in [6.07, 6.45) is -1.77. The van der Waals surface area contributed by atoms with E-state index in [0.29, 0.717) is 42.0 Å². The number of amides is 1. The largest absolute Gasteiger partial charge is 0.346 e. The van der Waals surface area contributed by atoms with E-state index >= 15 is 8.78 Å². The fourth-order valence-electron chi connectivity index (χ4n) is 8.39. The number of fused-ring (bicyclic) bond motifs is 2. The number of halogens is 7. The van der Waals surface area contributed by atoms with Crippen LogP contribution in [-0.4, -0.2) is 62.0 Å². The summed E-state index contributed by atoms with van der Waals surface area (Å²) in [6, 6.07) is 7.34. The predicted octanol–water partition coefficient (Wildman–Crippen LogP) is 8.65. The third-order valence-corrected chi connectivity index (χ3v) is 18.1. The van der Waals surface area contributed by atoms with Crippen LogP contribution in [0.15, 0.2) is 42.5 Å². The maximum absolute atomic E-state index is 15.7. The predicted molar refractivity (Wildman–Crippen MR) is 232 cm³/mol. The van der Waals surface area contributed by atoms with Gasteiger partial charge in [0.05, 0.1) is 37.7 Å². The molecule has 3 aliphatic carbocycles. The number of nitrogens with one attached hydrogen (secondary N) is 2. The molecule has 0 saturated heterocycles. The van der Waals surface area contributed by atoms with Gasteiger partial charge < -0.3 is 5.32 Å². The van der Waals surface area contributed by atoms with Crippen molar-refractivity contribution in [2.45, 2.75) is 112 Å². The number of carbonyl (C=O) groups excluding carboxylic acids is 1. The Hall–Kier alpha value is -5.13. The molecule has 8 rings (SSSR count). The highest BCUT2D eigenvalue weighted by molar-refractivity contribution is 7.94. The molecule has 2 N–H and O–H groups in total. The van der Waals surface area contributed by atoms with Gasteiger partial charge >= 0.3 is 0 Å². The number of anilines is 1. The normalized spacial score (nSPS) is 19.5. The number of hydrogen-bond acceptors (Lipinski definition) is 8. The van der Waals surface area contributed by atoms with Crippen molar-refractivity contribution in [1.82, 2.24) is 29.9 Å². The lowest BCUT2D eigenvalue weighted by Crippen LogP contribution is -2.35. The Labute approximate surface area is 376 Å². The first-order valence-electron chi connectivity index (χ1n) is 20.7. The van der Waals surface area contributed by atoms with Crippen LogP contribution in [0, 0.1) is 29.4 Å². The number of carbonyl (C=O) groups is 1. The molecule has 3 aromatic heterocycles. The second-order valence-corrected chi connectivity index (χ2v) is 23.3. The van der Waals surface area contributed by atoms with Crippen LogP contribution in [-0.2, 0) is 50.6 Å². The standard InChI is InChI=1S/C44H44ClF6N7O5S2/c1-22-23(2)44(50,51)39-34(22)37(40(48)49)54-58(39)21-33(59)53-32(19-24-17-25(46)20-26(47)18-24)36-29(10-7-27(52-36)13-14-42(3,4)64(60,61)28-8-9-28)30-11-12-31(45)35-38(30)57(6)55-41(35)56-65(62,63)43(5)15-16-43/h7,10-12,17-18,20,22-23,28,32,40H,8-9,15-16,19,21H2,1-6H3,(H,53,59)(H,55,56)/t22-,23+,32-/m0/s1. The highest BCUT2D eigenvalue weighted by Crippen LogP contribution is 2.55. The summed E-state index contributed by atoms with van der Waals surface area (Å²) in [5, 5.41) is 10.7. The minimum absolute atomic E-state index is 0.00271. The van der Waals surface area contributed by atoms with Crippen LogP contribution in [0.4, 0.5) is 32.2 Å². The summed E-state index contributed by atoms with van der Waals surface area (Å²) < 4.78 is 145. The Balaban J connectivity index is 1.29. The molecule has 3 heterocycles. The maximum Gasteiger partial charge on any atom is 0.292 e. The number of benzene rings is 2. The molecule has 21 heteroatoms. The third kappa shape index (κ3) is 8.25. The molecule has 2 fully saturated rings. The van der Waals surface area contributed by atoms with E-state index < -0.39 is 107 Å². The minimum atomic E-state index is -3.93. The SMILES string of the molecule is C[C@@H]1c2c(C(F)F)nn(CC(=O)N[C@@H](Cc3cc(F)cc(F)c3)c3nc(C#CC(C)(C)S(=O)(=O)C4CC4)ccc3-c3ccc(Cl)c4c(NS(=O)(=O)C5(C)CC5)nn(C)c34)c2C(F)(F)[C@@H]1C. The summed E-state index contributed by atoms with van der Waals surface area (Å²) in [6.45, 7) is 6.14. The van der Waals surface area contributed by atoms with Gasteiger partial charge in [0.25, 0.3) is 12.3 Å². The van der Waals surface area contributed by atoms with Crippen molar-refractivity contribution in [2.24, 2.45) is 13.0 Å². The van der Waals surface area contributed by atoms with E-state index in [-0.39, 0.29) is 49.8 Å². The van der Waals surface area contributed by atoms with E-state index in [9.17, 15) is 39.2 Å².